The van der Waals surface area contributed by atoms with Gasteiger partial charge in [-0.05, 0) is 13.3 Å². The number of nitrogens with one attached hydrogen (secondary N) is 1. The Bertz CT molecular complexity index is 132. The third-order valence-corrected chi connectivity index (χ3v) is 1.58. The van der Waals surface area contributed by atoms with Gasteiger partial charge in [-0.3, -0.25) is 0 Å². The van der Waals surface area contributed by atoms with E-state index in [1.807, 2.05) is 13.1 Å². The Morgan fingerprint density at radius 2 is 2.56 bits per heavy atom. The molecule has 3 heteroatoms. The van der Waals surface area contributed by atoms with Crippen molar-refractivity contribution in [2.75, 3.05) is 13.2 Å². The molecular formula is C6H10N2O. The molecule has 1 heterocycles. The lowest BCUT2D eigenvalue weighted by molar-refractivity contribution is 0.176. The van der Waals surface area contributed by atoms with Crippen LogP contribution in [0.15, 0.2) is 0 Å². The highest BCUT2D eigenvalue weighted by Gasteiger charge is 2.28. The maximum absolute atomic E-state index is 8.28. The lowest BCUT2D eigenvalue weighted by atomic mass is 10.0. The molecule has 1 aliphatic rings. The fraction of sp³-hybridized carbons (Fsp3) is 0.833. The van der Waals surface area contributed by atoms with Crippen molar-refractivity contribution >= 4 is 0 Å². The summed E-state index contributed by atoms with van der Waals surface area (Å²) in [5.74, 6) is 0. The average Bonchev–Trinajstić information content (AvgIpc) is 2.16. The second-order valence-corrected chi connectivity index (χ2v) is 2.60. The SMILES string of the molecule is CC1(NC#N)CCOC1. The van der Waals surface area contributed by atoms with Crippen LogP contribution in [0.25, 0.3) is 0 Å². The molecule has 0 aromatic heterocycles. The maximum atomic E-state index is 8.28. The lowest BCUT2D eigenvalue weighted by Crippen LogP contribution is -2.39. The van der Waals surface area contributed by atoms with Gasteiger partial charge in [0.1, 0.15) is 0 Å². The zero-order chi connectivity index (χ0) is 6.74. The van der Waals surface area contributed by atoms with Crippen molar-refractivity contribution in [3.05, 3.63) is 0 Å². The van der Waals surface area contributed by atoms with E-state index in [1.54, 1.807) is 0 Å². The minimum atomic E-state index is -0.0885. The van der Waals surface area contributed by atoms with Crippen LogP contribution >= 0.6 is 0 Å². The Morgan fingerprint density at radius 1 is 1.78 bits per heavy atom. The highest BCUT2D eigenvalue weighted by Crippen LogP contribution is 2.16. The Balaban J connectivity index is 2.43. The molecule has 0 radical (unpaired) electrons. The molecule has 0 spiro atoms. The zero-order valence-corrected chi connectivity index (χ0v) is 5.48. The van der Waals surface area contributed by atoms with Crippen molar-refractivity contribution in [3.63, 3.8) is 0 Å². The first kappa shape index (κ1) is 6.37. The molecule has 1 fully saturated rings. The molecule has 9 heavy (non-hydrogen) atoms. The van der Waals surface area contributed by atoms with E-state index in [0.29, 0.717) is 6.61 Å². The summed E-state index contributed by atoms with van der Waals surface area (Å²) in [5, 5.41) is 11.0. The van der Waals surface area contributed by atoms with Crippen LogP contribution in [0.1, 0.15) is 13.3 Å². The molecule has 0 aliphatic carbocycles. The highest BCUT2D eigenvalue weighted by molar-refractivity contribution is 4.91. The molecular weight excluding hydrogens is 116 g/mol. The number of ether oxygens (including phenoxy) is 1. The van der Waals surface area contributed by atoms with Gasteiger partial charge in [-0.15, -0.1) is 0 Å². The molecule has 1 aliphatic heterocycles. The zero-order valence-electron chi connectivity index (χ0n) is 5.48. The van der Waals surface area contributed by atoms with Crippen LogP contribution in [0.3, 0.4) is 0 Å². The Labute approximate surface area is 54.6 Å². The number of hydrogen-bond acceptors (Lipinski definition) is 3. The van der Waals surface area contributed by atoms with E-state index in [-0.39, 0.29) is 5.54 Å². The second-order valence-electron chi connectivity index (χ2n) is 2.60. The van der Waals surface area contributed by atoms with Gasteiger partial charge in [0.2, 0.25) is 0 Å². The third-order valence-electron chi connectivity index (χ3n) is 1.58. The first-order valence-corrected chi connectivity index (χ1v) is 3.01. The van der Waals surface area contributed by atoms with Crippen molar-refractivity contribution in [3.8, 4) is 6.19 Å². The predicted octanol–water partition coefficient (Wildman–Crippen LogP) is 0.236. The molecule has 0 bridgehead atoms. The van der Waals surface area contributed by atoms with E-state index in [2.05, 4.69) is 5.32 Å². The fourth-order valence-corrected chi connectivity index (χ4v) is 0.901. The monoisotopic (exact) mass is 126 g/mol. The van der Waals surface area contributed by atoms with Crippen molar-refractivity contribution in [2.24, 2.45) is 0 Å². The molecule has 0 amide bonds. The Kier molecular flexibility index (Phi) is 1.58. The quantitative estimate of drug-likeness (QED) is 0.404. The molecule has 0 aromatic rings. The van der Waals surface area contributed by atoms with Crippen molar-refractivity contribution < 1.29 is 4.74 Å². The van der Waals surface area contributed by atoms with E-state index in [1.165, 1.54) is 0 Å². The molecule has 1 atom stereocenters. The minimum absolute atomic E-state index is 0.0885. The topological polar surface area (TPSA) is 45.0 Å². The van der Waals surface area contributed by atoms with Gasteiger partial charge in [-0.1, -0.05) is 0 Å². The summed E-state index contributed by atoms with van der Waals surface area (Å²) in [7, 11) is 0. The minimum Gasteiger partial charge on any atom is -0.379 e. The summed E-state index contributed by atoms with van der Waals surface area (Å²) in [6, 6.07) is 0. The first-order chi connectivity index (χ1) is 4.27. The van der Waals surface area contributed by atoms with Crippen LogP contribution in [-0.4, -0.2) is 18.8 Å². The van der Waals surface area contributed by atoms with Gasteiger partial charge < -0.3 is 10.1 Å². The summed E-state index contributed by atoms with van der Waals surface area (Å²) in [6.07, 6.45) is 2.85. The van der Waals surface area contributed by atoms with Gasteiger partial charge in [-0.2, -0.15) is 5.26 Å². The Hall–Kier alpha value is -0.750. The third kappa shape index (κ3) is 1.33. The molecule has 0 saturated carbocycles. The van der Waals surface area contributed by atoms with Gasteiger partial charge >= 0.3 is 0 Å². The van der Waals surface area contributed by atoms with E-state index in [9.17, 15) is 0 Å². The van der Waals surface area contributed by atoms with Crippen molar-refractivity contribution in [2.45, 2.75) is 18.9 Å². The lowest BCUT2D eigenvalue weighted by Gasteiger charge is -2.18. The van der Waals surface area contributed by atoms with E-state index < -0.39 is 0 Å². The van der Waals surface area contributed by atoms with Gasteiger partial charge in [0.25, 0.3) is 0 Å². The summed E-state index contributed by atoms with van der Waals surface area (Å²) in [4.78, 5) is 0. The number of hydrogen-bond donors (Lipinski definition) is 1. The summed E-state index contributed by atoms with van der Waals surface area (Å²) >= 11 is 0. The molecule has 50 valence electrons. The van der Waals surface area contributed by atoms with Crippen LogP contribution in [-0.2, 0) is 4.74 Å². The van der Waals surface area contributed by atoms with E-state index in [4.69, 9.17) is 10.00 Å². The Morgan fingerprint density at radius 3 is 3.00 bits per heavy atom. The largest absolute Gasteiger partial charge is 0.379 e. The van der Waals surface area contributed by atoms with Crippen LogP contribution in [0.5, 0.6) is 0 Å². The average molecular weight is 126 g/mol. The van der Waals surface area contributed by atoms with Crippen LogP contribution in [0, 0.1) is 11.5 Å². The summed E-state index contributed by atoms with van der Waals surface area (Å²) < 4.78 is 5.10. The van der Waals surface area contributed by atoms with Crippen molar-refractivity contribution in [1.29, 1.82) is 5.26 Å². The van der Waals surface area contributed by atoms with E-state index >= 15 is 0 Å². The van der Waals surface area contributed by atoms with Gasteiger partial charge in [0.15, 0.2) is 6.19 Å². The standard InChI is InChI=1S/C6H10N2O/c1-6(8-5-7)2-3-9-4-6/h8H,2-4H2,1H3. The number of nitrogens with zero attached hydrogens (tertiary/aromatic N) is 1. The van der Waals surface area contributed by atoms with Crippen LogP contribution in [0.2, 0.25) is 0 Å². The second kappa shape index (κ2) is 2.24. The van der Waals surface area contributed by atoms with Gasteiger partial charge in [0, 0.05) is 6.61 Å². The smallest absolute Gasteiger partial charge is 0.177 e. The number of nitriles is 1. The highest BCUT2D eigenvalue weighted by atomic mass is 16.5. The van der Waals surface area contributed by atoms with Crippen molar-refractivity contribution in [1.82, 2.24) is 5.32 Å². The summed E-state index contributed by atoms with van der Waals surface area (Å²) in [6.45, 7) is 3.41. The summed E-state index contributed by atoms with van der Waals surface area (Å²) in [5.41, 5.74) is -0.0885. The van der Waals surface area contributed by atoms with Crippen LogP contribution < -0.4 is 5.32 Å². The van der Waals surface area contributed by atoms with Gasteiger partial charge in [0.05, 0.1) is 12.1 Å². The molecule has 0 aromatic carbocycles. The molecule has 1 N–H and O–H groups in total. The van der Waals surface area contributed by atoms with E-state index in [0.717, 1.165) is 13.0 Å². The number of rotatable bonds is 1. The first-order valence-electron chi connectivity index (χ1n) is 3.01. The molecule has 1 saturated heterocycles. The normalized spacial score (nSPS) is 33.8. The molecule has 1 rings (SSSR count). The maximum Gasteiger partial charge on any atom is 0.177 e. The van der Waals surface area contributed by atoms with Gasteiger partial charge in [-0.25, -0.2) is 0 Å². The molecule has 3 nitrogen and oxygen atoms in total. The molecule has 1 unspecified atom stereocenters. The fourth-order valence-electron chi connectivity index (χ4n) is 0.901. The van der Waals surface area contributed by atoms with Crippen LogP contribution in [0.4, 0.5) is 0 Å². The predicted molar refractivity (Wildman–Crippen MR) is 32.6 cm³/mol.